The van der Waals surface area contributed by atoms with E-state index < -0.39 is 0 Å². The maximum atomic E-state index is 6.05. The summed E-state index contributed by atoms with van der Waals surface area (Å²) in [5, 5.41) is 2.26. The van der Waals surface area contributed by atoms with E-state index in [0.29, 0.717) is 0 Å². The highest BCUT2D eigenvalue weighted by atomic mass is 16.3. The summed E-state index contributed by atoms with van der Waals surface area (Å²) < 4.78 is 6.05. The number of allylic oxidation sites excluding steroid dienone is 3. The second kappa shape index (κ2) is 5.80. The van der Waals surface area contributed by atoms with Gasteiger partial charge in [-0.15, -0.1) is 0 Å². The van der Waals surface area contributed by atoms with Crippen molar-refractivity contribution in [1.82, 2.24) is 0 Å². The van der Waals surface area contributed by atoms with E-state index in [-0.39, 0.29) is 0 Å². The Bertz CT molecular complexity index is 866. The number of aliphatic imine (C=N–C) groups is 1. The third-order valence-electron chi connectivity index (χ3n) is 3.37. The highest BCUT2D eigenvalue weighted by molar-refractivity contribution is 6.19. The molecular formula is C19H17NO. The summed E-state index contributed by atoms with van der Waals surface area (Å²) in [5.41, 5.74) is 3.71. The van der Waals surface area contributed by atoms with Crippen molar-refractivity contribution in [3.05, 3.63) is 72.5 Å². The highest BCUT2D eigenvalue weighted by Crippen LogP contribution is 2.31. The number of furan rings is 1. The number of benzene rings is 2. The topological polar surface area (TPSA) is 25.5 Å². The Hall–Kier alpha value is -2.61. The van der Waals surface area contributed by atoms with Gasteiger partial charge in [0.25, 0.3) is 0 Å². The maximum absolute atomic E-state index is 6.05. The van der Waals surface area contributed by atoms with Crippen LogP contribution in [0.3, 0.4) is 0 Å². The molecule has 0 aliphatic heterocycles. The summed E-state index contributed by atoms with van der Waals surface area (Å²) >= 11 is 0. The smallest absolute Gasteiger partial charge is 0.144 e. The number of para-hydroxylation sites is 2. The van der Waals surface area contributed by atoms with E-state index in [1.54, 1.807) is 6.20 Å². The molecule has 3 aromatic rings. The summed E-state index contributed by atoms with van der Waals surface area (Å²) in [7, 11) is 0. The summed E-state index contributed by atoms with van der Waals surface area (Å²) in [6.07, 6.45) is 7.71. The third-order valence-corrected chi connectivity index (χ3v) is 3.37. The van der Waals surface area contributed by atoms with Gasteiger partial charge in [-0.25, -0.2) is 0 Å². The Labute approximate surface area is 124 Å². The van der Waals surface area contributed by atoms with Crippen molar-refractivity contribution in [1.29, 1.82) is 0 Å². The summed E-state index contributed by atoms with van der Waals surface area (Å²) in [6, 6.07) is 14.3. The lowest BCUT2D eigenvalue weighted by Crippen LogP contribution is -1.96. The van der Waals surface area contributed by atoms with Gasteiger partial charge >= 0.3 is 0 Å². The second-order valence-corrected chi connectivity index (χ2v) is 4.78. The van der Waals surface area contributed by atoms with Crippen molar-refractivity contribution in [3.63, 3.8) is 0 Å². The quantitative estimate of drug-likeness (QED) is 0.581. The molecule has 0 radical (unpaired) electrons. The standard InChI is InChI=1S/C19H17NO/c1-3-8-17(20-13-4-2)16-11-7-10-15-14-9-5-6-12-18(14)21-19(15)16/h3-13H,1-2H3/b8-3-,13-4-,20-17+. The van der Waals surface area contributed by atoms with Gasteiger partial charge in [-0.05, 0) is 32.1 Å². The van der Waals surface area contributed by atoms with Crippen molar-refractivity contribution in [2.45, 2.75) is 13.8 Å². The fraction of sp³-hybridized carbons (Fsp3) is 0.105. The monoisotopic (exact) mass is 275 g/mol. The molecule has 0 saturated heterocycles. The zero-order valence-corrected chi connectivity index (χ0v) is 12.2. The molecule has 0 unspecified atom stereocenters. The van der Waals surface area contributed by atoms with Gasteiger partial charge in [0.2, 0.25) is 0 Å². The molecule has 21 heavy (non-hydrogen) atoms. The Balaban J connectivity index is 2.31. The summed E-state index contributed by atoms with van der Waals surface area (Å²) in [4.78, 5) is 4.51. The lowest BCUT2D eigenvalue weighted by Gasteiger charge is -2.01. The van der Waals surface area contributed by atoms with Gasteiger partial charge in [0.15, 0.2) is 0 Å². The average molecular weight is 275 g/mol. The Morgan fingerprint density at radius 1 is 0.952 bits per heavy atom. The first-order valence-corrected chi connectivity index (χ1v) is 7.07. The van der Waals surface area contributed by atoms with Crippen LogP contribution >= 0.6 is 0 Å². The minimum atomic E-state index is 0.889. The zero-order valence-electron chi connectivity index (χ0n) is 12.2. The van der Waals surface area contributed by atoms with Crippen LogP contribution < -0.4 is 0 Å². The van der Waals surface area contributed by atoms with Gasteiger partial charge in [0.1, 0.15) is 11.2 Å². The minimum absolute atomic E-state index is 0.889. The SMILES string of the molecule is C\C=C/N=C(\C=C/C)c1cccc2c1oc1ccccc12. The molecule has 0 bridgehead atoms. The van der Waals surface area contributed by atoms with Gasteiger partial charge in [-0.3, -0.25) is 4.99 Å². The fourth-order valence-corrected chi connectivity index (χ4v) is 2.46. The first-order valence-electron chi connectivity index (χ1n) is 7.07. The van der Waals surface area contributed by atoms with Crippen molar-refractivity contribution in [2.75, 3.05) is 0 Å². The first kappa shape index (κ1) is 13.4. The molecular weight excluding hydrogens is 258 g/mol. The fourth-order valence-electron chi connectivity index (χ4n) is 2.46. The molecule has 0 amide bonds. The average Bonchev–Trinajstić information content (AvgIpc) is 2.90. The van der Waals surface area contributed by atoms with Crippen molar-refractivity contribution < 1.29 is 4.42 Å². The molecule has 0 spiro atoms. The Morgan fingerprint density at radius 2 is 1.76 bits per heavy atom. The predicted molar refractivity (Wildman–Crippen MR) is 89.9 cm³/mol. The first-order chi connectivity index (χ1) is 10.3. The predicted octanol–water partition coefficient (Wildman–Crippen LogP) is 5.48. The molecule has 2 heteroatoms. The lowest BCUT2D eigenvalue weighted by molar-refractivity contribution is 0.668. The van der Waals surface area contributed by atoms with Gasteiger partial charge in [0, 0.05) is 22.5 Å². The molecule has 0 aliphatic rings. The zero-order chi connectivity index (χ0) is 14.7. The Kier molecular flexibility index (Phi) is 3.69. The van der Waals surface area contributed by atoms with Crippen LogP contribution in [-0.2, 0) is 0 Å². The molecule has 2 nitrogen and oxygen atoms in total. The number of nitrogens with zero attached hydrogens (tertiary/aromatic N) is 1. The molecule has 0 aliphatic carbocycles. The van der Waals surface area contributed by atoms with Crippen LogP contribution in [0.1, 0.15) is 19.4 Å². The van der Waals surface area contributed by atoms with Crippen LogP contribution in [0.4, 0.5) is 0 Å². The maximum Gasteiger partial charge on any atom is 0.144 e. The lowest BCUT2D eigenvalue weighted by atomic mass is 10.0. The van der Waals surface area contributed by atoms with Crippen LogP contribution in [0.5, 0.6) is 0 Å². The van der Waals surface area contributed by atoms with Crippen LogP contribution in [0.25, 0.3) is 21.9 Å². The van der Waals surface area contributed by atoms with E-state index in [0.717, 1.165) is 33.2 Å². The number of rotatable bonds is 3. The highest BCUT2D eigenvalue weighted by Gasteiger charge is 2.12. The minimum Gasteiger partial charge on any atom is -0.455 e. The molecule has 0 fully saturated rings. The van der Waals surface area contributed by atoms with Crippen LogP contribution in [-0.4, -0.2) is 5.71 Å². The van der Waals surface area contributed by atoms with Crippen LogP contribution in [0.15, 0.2) is 76.3 Å². The van der Waals surface area contributed by atoms with E-state index in [9.17, 15) is 0 Å². The van der Waals surface area contributed by atoms with E-state index in [4.69, 9.17) is 4.42 Å². The summed E-state index contributed by atoms with van der Waals surface area (Å²) in [6.45, 7) is 3.95. The van der Waals surface area contributed by atoms with E-state index in [1.165, 1.54) is 0 Å². The Morgan fingerprint density at radius 3 is 2.57 bits per heavy atom. The number of fused-ring (bicyclic) bond motifs is 3. The second-order valence-electron chi connectivity index (χ2n) is 4.78. The largest absolute Gasteiger partial charge is 0.455 e. The van der Waals surface area contributed by atoms with Gasteiger partial charge in [0.05, 0.1) is 5.71 Å². The van der Waals surface area contributed by atoms with E-state index in [1.807, 2.05) is 62.4 Å². The molecule has 1 aromatic heterocycles. The molecule has 0 saturated carbocycles. The number of hydrogen-bond acceptors (Lipinski definition) is 2. The van der Waals surface area contributed by atoms with E-state index in [2.05, 4.69) is 17.1 Å². The van der Waals surface area contributed by atoms with E-state index >= 15 is 0 Å². The molecule has 3 rings (SSSR count). The molecule has 0 N–H and O–H groups in total. The third kappa shape index (κ3) is 2.40. The van der Waals surface area contributed by atoms with Crippen LogP contribution in [0, 0.1) is 0 Å². The molecule has 104 valence electrons. The number of hydrogen-bond donors (Lipinski definition) is 0. The van der Waals surface area contributed by atoms with Gasteiger partial charge < -0.3 is 4.42 Å². The van der Waals surface area contributed by atoms with Gasteiger partial charge in [-0.1, -0.05) is 42.5 Å². The van der Waals surface area contributed by atoms with Crippen molar-refractivity contribution >= 4 is 27.7 Å². The summed E-state index contributed by atoms with van der Waals surface area (Å²) in [5.74, 6) is 0. The van der Waals surface area contributed by atoms with Crippen molar-refractivity contribution in [3.8, 4) is 0 Å². The normalized spacial score (nSPS) is 13.1. The van der Waals surface area contributed by atoms with Gasteiger partial charge in [-0.2, -0.15) is 0 Å². The van der Waals surface area contributed by atoms with Crippen molar-refractivity contribution in [2.24, 2.45) is 4.99 Å². The molecule has 0 atom stereocenters. The molecule has 1 heterocycles. The molecule has 2 aromatic carbocycles. The van der Waals surface area contributed by atoms with Crippen LogP contribution in [0.2, 0.25) is 0 Å².